The van der Waals surface area contributed by atoms with E-state index in [0.29, 0.717) is 34.9 Å². The molecule has 0 unspecified atom stereocenters. The van der Waals surface area contributed by atoms with Crippen LogP contribution < -0.4 is 15.7 Å². The van der Waals surface area contributed by atoms with Crippen molar-refractivity contribution >= 4 is 16.9 Å². The van der Waals surface area contributed by atoms with E-state index in [9.17, 15) is 9.59 Å². The van der Waals surface area contributed by atoms with Gasteiger partial charge in [-0.05, 0) is 18.2 Å². The summed E-state index contributed by atoms with van der Waals surface area (Å²) >= 11 is 0. The van der Waals surface area contributed by atoms with E-state index in [1.165, 1.54) is 13.2 Å². The zero-order valence-corrected chi connectivity index (χ0v) is 15.5. The molecule has 3 aromatic heterocycles. The fraction of sp³-hybridized carbons (Fsp3) is 0.150. The normalized spacial score (nSPS) is 10.8. The van der Waals surface area contributed by atoms with Gasteiger partial charge in [-0.15, -0.1) is 0 Å². The van der Waals surface area contributed by atoms with Crippen LogP contribution in [0.25, 0.3) is 22.6 Å². The summed E-state index contributed by atoms with van der Waals surface area (Å²) in [6.07, 6.45) is 6.68. The third-order valence-corrected chi connectivity index (χ3v) is 4.31. The molecule has 0 aliphatic rings. The number of rotatable bonds is 6. The van der Waals surface area contributed by atoms with Crippen LogP contribution >= 0.6 is 0 Å². The van der Waals surface area contributed by atoms with Crippen molar-refractivity contribution < 1.29 is 13.9 Å². The highest BCUT2D eigenvalue weighted by Crippen LogP contribution is 2.24. The average molecular weight is 391 g/mol. The predicted octanol–water partition coefficient (Wildman–Crippen LogP) is 1.89. The summed E-state index contributed by atoms with van der Waals surface area (Å²) in [5.41, 5.74) is -0.481. The summed E-state index contributed by atoms with van der Waals surface area (Å²) in [5, 5.41) is 3.33. The molecular weight excluding hydrogens is 374 g/mol. The maximum atomic E-state index is 12.5. The van der Waals surface area contributed by atoms with Gasteiger partial charge in [0.1, 0.15) is 5.56 Å². The minimum Gasteiger partial charge on any atom is -0.493 e. The molecule has 9 heteroatoms. The zero-order valence-electron chi connectivity index (χ0n) is 15.5. The molecule has 0 aliphatic heterocycles. The van der Waals surface area contributed by atoms with Gasteiger partial charge < -0.3 is 19.0 Å². The smallest absolute Gasteiger partial charge is 0.349 e. The van der Waals surface area contributed by atoms with Gasteiger partial charge in [0.15, 0.2) is 23.0 Å². The molecule has 4 aromatic rings. The van der Waals surface area contributed by atoms with E-state index in [-0.39, 0.29) is 12.1 Å². The van der Waals surface area contributed by atoms with Crippen molar-refractivity contribution in [3.8, 4) is 17.4 Å². The number of aromatic nitrogens is 4. The lowest BCUT2D eigenvalue weighted by molar-refractivity contribution is 0.0948. The summed E-state index contributed by atoms with van der Waals surface area (Å²) < 4.78 is 12.3. The number of ether oxygens (including phenoxy) is 1. The number of imidazole rings is 1. The molecule has 0 atom stereocenters. The molecule has 4 rings (SSSR count). The lowest BCUT2D eigenvalue weighted by Gasteiger charge is -2.09. The first-order valence-corrected chi connectivity index (χ1v) is 8.85. The largest absolute Gasteiger partial charge is 0.493 e. The Bertz CT molecular complexity index is 1220. The summed E-state index contributed by atoms with van der Waals surface area (Å²) in [6, 6.07) is 8.41. The lowest BCUT2D eigenvalue weighted by atomic mass is 10.1. The predicted molar refractivity (Wildman–Crippen MR) is 105 cm³/mol. The summed E-state index contributed by atoms with van der Waals surface area (Å²) in [7, 11) is 1.49. The molecule has 1 N–H and O–H groups in total. The highest BCUT2D eigenvalue weighted by Gasteiger charge is 2.15. The molecule has 9 nitrogen and oxygen atoms in total. The third-order valence-electron chi connectivity index (χ3n) is 4.31. The highest BCUT2D eigenvalue weighted by molar-refractivity contribution is 5.97. The van der Waals surface area contributed by atoms with Crippen LogP contribution in [0.5, 0.6) is 5.75 Å². The molecule has 0 saturated carbocycles. The second-order valence-electron chi connectivity index (χ2n) is 6.10. The first kappa shape index (κ1) is 18.4. The molecule has 29 heavy (non-hydrogen) atoms. The van der Waals surface area contributed by atoms with Crippen molar-refractivity contribution in [2.45, 2.75) is 6.54 Å². The topological polar surface area (TPSA) is 112 Å². The number of carbonyl (C=O) groups excluding carboxylic acids is 1. The van der Waals surface area contributed by atoms with Gasteiger partial charge in [0, 0.05) is 43.3 Å². The maximum Gasteiger partial charge on any atom is 0.349 e. The SMILES string of the molecule is COc1cccc2cc(C(=O)NCCn3ccnc3-c3ncccn3)c(=O)oc12. The first-order chi connectivity index (χ1) is 14.2. The monoisotopic (exact) mass is 391 g/mol. The molecule has 0 aliphatic carbocycles. The second kappa shape index (κ2) is 7.93. The Morgan fingerprint density at radius 3 is 2.79 bits per heavy atom. The number of hydrogen-bond donors (Lipinski definition) is 1. The van der Waals surface area contributed by atoms with E-state index in [2.05, 4.69) is 20.3 Å². The van der Waals surface area contributed by atoms with Crippen molar-refractivity contribution in [2.24, 2.45) is 0 Å². The van der Waals surface area contributed by atoms with Gasteiger partial charge in [-0.1, -0.05) is 12.1 Å². The first-order valence-electron chi connectivity index (χ1n) is 8.85. The van der Waals surface area contributed by atoms with Crippen LogP contribution in [-0.2, 0) is 6.54 Å². The zero-order chi connectivity index (χ0) is 20.2. The average Bonchev–Trinajstić information content (AvgIpc) is 3.22. The lowest BCUT2D eigenvalue weighted by Crippen LogP contribution is -2.31. The number of amides is 1. The number of fused-ring (bicyclic) bond motifs is 1. The van der Waals surface area contributed by atoms with Gasteiger partial charge in [-0.25, -0.2) is 19.7 Å². The van der Waals surface area contributed by atoms with Crippen LogP contribution in [-0.4, -0.2) is 39.1 Å². The maximum absolute atomic E-state index is 12.5. The number of methoxy groups -OCH3 is 1. The number of nitrogens with zero attached hydrogens (tertiary/aromatic N) is 4. The molecule has 1 amide bonds. The molecule has 0 fully saturated rings. The van der Waals surface area contributed by atoms with E-state index in [0.717, 1.165) is 0 Å². The fourth-order valence-electron chi connectivity index (χ4n) is 2.93. The van der Waals surface area contributed by atoms with Crippen molar-refractivity contribution in [1.82, 2.24) is 24.8 Å². The number of nitrogens with one attached hydrogen (secondary N) is 1. The fourth-order valence-corrected chi connectivity index (χ4v) is 2.93. The van der Waals surface area contributed by atoms with Crippen LogP contribution in [0.2, 0.25) is 0 Å². The van der Waals surface area contributed by atoms with Crippen LogP contribution in [0.1, 0.15) is 10.4 Å². The van der Waals surface area contributed by atoms with Crippen molar-refractivity contribution in [2.75, 3.05) is 13.7 Å². The Morgan fingerprint density at radius 2 is 2.00 bits per heavy atom. The highest BCUT2D eigenvalue weighted by atomic mass is 16.5. The van der Waals surface area contributed by atoms with Gasteiger partial charge in [0.25, 0.3) is 5.91 Å². The molecule has 0 spiro atoms. The van der Waals surface area contributed by atoms with E-state index < -0.39 is 11.5 Å². The van der Waals surface area contributed by atoms with Crippen molar-refractivity contribution in [3.63, 3.8) is 0 Å². The van der Waals surface area contributed by atoms with Gasteiger partial charge in [-0.2, -0.15) is 0 Å². The third kappa shape index (κ3) is 3.70. The number of hydrogen-bond acceptors (Lipinski definition) is 7. The second-order valence-corrected chi connectivity index (χ2v) is 6.10. The minimum absolute atomic E-state index is 0.0667. The number of para-hydroxylation sites is 1. The van der Waals surface area contributed by atoms with E-state index in [4.69, 9.17) is 9.15 Å². The molecule has 0 bridgehead atoms. The molecule has 0 saturated heterocycles. The number of carbonyl (C=O) groups is 1. The van der Waals surface area contributed by atoms with Crippen LogP contribution in [0.4, 0.5) is 0 Å². The Morgan fingerprint density at radius 1 is 1.17 bits per heavy atom. The van der Waals surface area contributed by atoms with Gasteiger partial charge in [-0.3, -0.25) is 4.79 Å². The Hall–Kier alpha value is -4.01. The van der Waals surface area contributed by atoms with Crippen LogP contribution in [0.3, 0.4) is 0 Å². The minimum atomic E-state index is -0.722. The summed E-state index contributed by atoms with van der Waals surface area (Å²) in [6.45, 7) is 0.719. The standard InChI is InChI=1S/C20H17N5O4/c1-28-15-5-2-4-13-12-14(20(27)29-16(13)15)19(26)24-9-11-25-10-8-23-18(25)17-21-6-3-7-22-17/h2-8,10,12H,9,11H2,1H3,(H,24,26). The van der Waals surface area contributed by atoms with E-state index in [1.807, 2.05) is 4.57 Å². The molecule has 3 heterocycles. The van der Waals surface area contributed by atoms with Gasteiger partial charge >= 0.3 is 5.63 Å². The van der Waals surface area contributed by atoms with E-state index in [1.54, 1.807) is 49.1 Å². The van der Waals surface area contributed by atoms with Crippen molar-refractivity contribution in [1.29, 1.82) is 0 Å². The van der Waals surface area contributed by atoms with Crippen molar-refractivity contribution in [3.05, 3.63) is 71.1 Å². The van der Waals surface area contributed by atoms with Gasteiger partial charge in [0.05, 0.1) is 7.11 Å². The Kier molecular flexibility index (Phi) is 5.02. The van der Waals surface area contributed by atoms with E-state index >= 15 is 0 Å². The summed E-state index contributed by atoms with van der Waals surface area (Å²) in [5.74, 6) is 1.01. The molecular formula is C20H17N5O4. The summed E-state index contributed by atoms with van der Waals surface area (Å²) in [4.78, 5) is 37.4. The van der Waals surface area contributed by atoms with Crippen LogP contribution in [0.15, 0.2) is 64.3 Å². The van der Waals surface area contributed by atoms with Crippen LogP contribution in [0, 0.1) is 0 Å². The molecule has 1 aromatic carbocycles. The van der Waals surface area contributed by atoms with Gasteiger partial charge in [0.2, 0.25) is 0 Å². The number of benzene rings is 1. The Labute approximate surface area is 165 Å². The quantitative estimate of drug-likeness (QED) is 0.500. The molecule has 0 radical (unpaired) electrons. The Balaban J connectivity index is 1.48. The molecule has 146 valence electrons.